The van der Waals surface area contributed by atoms with Crippen LogP contribution in [0.4, 0.5) is 0 Å². The molecule has 116 valence electrons. The van der Waals surface area contributed by atoms with Crippen LogP contribution in [0.5, 0.6) is 0 Å². The van der Waals surface area contributed by atoms with Crippen molar-refractivity contribution in [3.8, 4) is 0 Å². The van der Waals surface area contributed by atoms with Crippen LogP contribution in [0.2, 0.25) is 0 Å². The average Bonchev–Trinajstić information content (AvgIpc) is 2.40. The van der Waals surface area contributed by atoms with E-state index < -0.39 is 0 Å². The van der Waals surface area contributed by atoms with Crippen molar-refractivity contribution in [2.24, 2.45) is 5.92 Å². The molecule has 1 unspecified atom stereocenters. The zero-order valence-corrected chi connectivity index (χ0v) is 14.5. The van der Waals surface area contributed by atoms with Crippen LogP contribution in [-0.2, 0) is 9.47 Å². The summed E-state index contributed by atoms with van der Waals surface area (Å²) in [5, 5.41) is 0. The van der Waals surface area contributed by atoms with Crippen molar-refractivity contribution in [1.82, 2.24) is 0 Å². The van der Waals surface area contributed by atoms with Crippen LogP contribution in [0, 0.1) is 12.3 Å². The second-order valence-electron chi connectivity index (χ2n) is 5.59. The Morgan fingerprint density at radius 3 is 2.15 bits per heavy atom. The Morgan fingerprint density at radius 2 is 1.50 bits per heavy atom. The quantitative estimate of drug-likeness (QED) is 0.198. The molecule has 0 saturated heterocycles. The molecule has 0 N–H and O–H groups in total. The molecule has 0 amide bonds. The molecule has 20 heavy (non-hydrogen) atoms. The SMILES string of the molecule is C[CH-]CC(C)CCCOCOCCCCCCCC.[Li+]. The predicted molar refractivity (Wildman–Crippen MR) is 83.1 cm³/mol. The number of hydrogen-bond donors (Lipinski definition) is 0. The van der Waals surface area contributed by atoms with Crippen molar-refractivity contribution in [2.45, 2.75) is 78.6 Å². The van der Waals surface area contributed by atoms with Gasteiger partial charge in [0.25, 0.3) is 0 Å². The van der Waals surface area contributed by atoms with Crippen LogP contribution < -0.4 is 18.9 Å². The number of unbranched alkanes of at least 4 members (excludes halogenated alkanes) is 5. The van der Waals surface area contributed by atoms with Gasteiger partial charge in [-0.15, -0.1) is 0 Å². The molecule has 0 aliphatic carbocycles. The van der Waals surface area contributed by atoms with Gasteiger partial charge in [0.05, 0.1) is 0 Å². The molecule has 0 aliphatic heterocycles. The first-order valence-corrected chi connectivity index (χ1v) is 8.24. The summed E-state index contributed by atoms with van der Waals surface area (Å²) in [4.78, 5) is 0. The van der Waals surface area contributed by atoms with Gasteiger partial charge in [0, 0.05) is 13.2 Å². The molecule has 2 nitrogen and oxygen atoms in total. The van der Waals surface area contributed by atoms with Crippen LogP contribution >= 0.6 is 0 Å². The molecule has 0 aromatic heterocycles. The summed E-state index contributed by atoms with van der Waals surface area (Å²) in [5.74, 6) is 0.789. The van der Waals surface area contributed by atoms with Crippen molar-refractivity contribution in [3.63, 3.8) is 0 Å². The first kappa shape index (κ1) is 22.8. The summed E-state index contributed by atoms with van der Waals surface area (Å²) in [6.45, 7) is 8.85. The molecule has 0 saturated carbocycles. The third-order valence-corrected chi connectivity index (χ3v) is 3.43. The van der Waals surface area contributed by atoms with Gasteiger partial charge in [-0.1, -0.05) is 58.3 Å². The fourth-order valence-corrected chi connectivity index (χ4v) is 2.22. The molecular formula is C17H35LiO2. The number of ether oxygens (including phenoxy) is 2. The molecule has 1 atom stereocenters. The Labute approximate surface area is 139 Å². The van der Waals surface area contributed by atoms with Crippen molar-refractivity contribution >= 4 is 0 Å². The minimum atomic E-state index is 0. The second kappa shape index (κ2) is 19.5. The maximum absolute atomic E-state index is 5.47. The van der Waals surface area contributed by atoms with Gasteiger partial charge < -0.3 is 15.9 Å². The first-order valence-electron chi connectivity index (χ1n) is 8.24. The van der Waals surface area contributed by atoms with Gasteiger partial charge in [-0.3, -0.25) is 0 Å². The largest absolute Gasteiger partial charge is 1.00 e. The van der Waals surface area contributed by atoms with Crippen molar-refractivity contribution in [1.29, 1.82) is 0 Å². The second-order valence-corrected chi connectivity index (χ2v) is 5.59. The van der Waals surface area contributed by atoms with E-state index in [9.17, 15) is 0 Å². The van der Waals surface area contributed by atoms with Gasteiger partial charge in [-0.25, -0.2) is 0 Å². The van der Waals surface area contributed by atoms with Gasteiger partial charge in [-0.2, -0.15) is 13.3 Å². The van der Waals surface area contributed by atoms with E-state index in [1.807, 2.05) is 0 Å². The summed E-state index contributed by atoms with van der Waals surface area (Å²) < 4.78 is 10.9. The fourth-order valence-electron chi connectivity index (χ4n) is 2.22. The summed E-state index contributed by atoms with van der Waals surface area (Å²) in [6.07, 6.45) is 13.8. The zero-order valence-electron chi connectivity index (χ0n) is 14.5. The summed E-state index contributed by atoms with van der Waals surface area (Å²) in [6, 6.07) is 0. The van der Waals surface area contributed by atoms with Gasteiger partial charge >= 0.3 is 18.9 Å². The Bertz CT molecular complexity index is 165. The Balaban J connectivity index is 0. The number of hydrogen-bond acceptors (Lipinski definition) is 2. The van der Waals surface area contributed by atoms with E-state index in [-0.39, 0.29) is 18.9 Å². The minimum Gasteiger partial charge on any atom is -0.355 e. The van der Waals surface area contributed by atoms with Gasteiger partial charge in [0.15, 0.2) is 0 Å². The fraction of sp³-hybridized carbons (Fsp3) is 0.941. The van der Waals surface area contributed by atoms with Crippen LogP contribution in [0.15, 0.2) is 0 Å². The van der Waals surface area contributed by atoms with Crippen molar-refractivity contribution < 1.29 is 28.3 Å². The first-order chi connectivity index (χ1) is 9.31. The molecular weight excluding hydrogens is 243 g/mol. The van der Waals surface area contributed by atoms with Gasteiger partial charge in [0.1, 0.15) is 6.79 Å². The third kappa shape index (κ3) is 18.5. The van der Waals surface area contributed by atoms with Crippen LogP contribution in [0.1, 0.15) is 78.6 Å². The molecule has 0 heterocycles. The third-order valence-electron chi connectivity index (χ3n) is 3.43. The Hall–Kier alpha value is 0.517. The molecule has 0 fully saturated rings. The van der Waals surface area contributed by atoms with Gasteiger partial charge in [-0.05, 0) is 12.8 Å². The normalized spacial score (nSPS) is 12.2. The maximum Gasteiger partial charge on any atom is 1.00 e. The monoisotopic (exact) mass is 278 g/mol. The summed E-state index contributed by atoms with van der Waals surface area (Å²) >= 11 is 0. The Morgan fingerprint density at radius 1 is 0.900 bits per heavy atom. The van der Waals surface area contributed by atoms with E-state index in [2.05, 4.69) is 27.2 Å². The molecule has 0 radical (unpaired) electrons. The average molecular weight is 278 g/mol. The molecule has 0 rings (SSSR count). The predicted octanol–water partition coefficient (Wildman–Crippen LogP) is 2.37. The molecule has 0 aromatic rings. The Kier molecular flexibility index (Phi) is 22.2. The molecule has 3 heteroatoms. The van der Waals surface area contributed by atoms with E-state index in [0.717, 1.165) is 25.6 Å². The van der Waals surface area contributed by atoms with Crippen LogP contribution in [0.25, 0.3) is 0 Å². The van der Waals surface area contributed by atoms with Crippen molar-refractivity contribution in [2.75, 3.05) is 20.0 Å². The van der Waals surface area contributed by atoms with Crippen LogP contribution in [0.3, 0.4) is 0 Å². The zero-order chi connectivity index (χ0) is 14.2. The summed E-state index contributed by atoms with van der Waals surface area (Å²) in [7, 11) is 0. The maximum atomic E-state index is 5.47. The van der Waals surface area contributed by atoms with E-state index >= 15 is 0 Å². The smallest absolute Gasteiger partial charge is 0.355 e. The van der Waals surface area contributed by atoms with Gasteiger partial charge in [0.2, 0.25) is 0 Å². The number of rotatable bonds is 15. The molecule has 0 bridgehead atoms. The van der Waals surface area contributed by atoms with E-state index in [4.69, 9.17) is 9.47 Å². The molecule has 0 spiro atoms. The molecule has 0 aromatic carbocycles. The van der Waals surface area contributed by atoms with Crippen LogP contribution in [-0.4, -0.2) is 20.0 Å². The molecule has 0 aliphatic rings. The van der Waals surface area contributed by atoms with E-state index in [1.54, 1.807) is 0 Å². The van der Waals surface area contributed by atoms with Crippen molar-refractivity contribution in [3.05, 3.63) is 6.42 Å². The van der Waals surface area contributed by atoms with E-state index in [1.165, 1.54) is 51.4 Å². The standard InChI is InChI=1S/C17H35O2.Li/c1-4-6-7-8-9-10-14-18-16-19-15-11-13-17(3)12-5-2;/h5,17H,4,6-16H2,1-3H3;/q-1;+1. The summed E-state index contributed by atoms with van der Waals surface area (Å²) in [5.41, 5.74) is 0. The topological polar surface area (TPSA) is 18.5 Å². The minimum absolute atomic E-state index is 0. The van der Waals surface area contributed by atoms with E-state index in [0.29, 0.717) is 6.79 Å².